The van der Waals surface area contributed by atoms with Gasteiger partial charge >= 0.3 is 17.8 Å². The molecule has 8 nitrogen and oxygen atoms in total. The first-order chi connectivity index (χ1) is 15.0. The van der Waals surface area contributed by atoms with Crippen molar-refractivity contribution in [1.82, 2.24) is 5.43 Å². The molecule has 3 rings (SSSR count). The van der Waals surface area contributed by atoms with Crippen molar-refractivity contribution in [2.75, 3.05) is 12.4 Å². The van der Waals surface area contributed by atoms with Crippen LogP contribution in [0.25, 0.3) is 0 Å². The molecule has 8 heteroatoms. The fourth-order valence-corrected chi connectivity index (χ4v) is 2.44. The fourth-order valence-electron chi connectivity index (χ4n) is 2.44. The van der Waals surface area contributed by atoms with E-state index in [-0.39, 0.29) is 0 Å². The van der Waals surface area contributed by atoms with Crippen molar-refractivity contribution in [2.24, 2.45) is 5.10 Å². The SMILES string of the molecule is COc1ccc(NC(=O)C(=O)N/N=C/c2ccc(OC(=O)c3ccccc3)cc2)cc1. The number of amides is 2. The molecule has 0 spiro atoms. The van der Waals surface area contributed by atoms with Gasteiger partial charge in [-0.15, -0.1) is 0 Å². The zero-order chi connectivity index (χ0) is 22.1. The summed E-state index contributed by atoms with van der Waals surface area (Å²) in [6.07, 6.45) is 1.36. The standard InChI is InChI=1S/C23H19N3O5/c1-30-19-13-9-18(10-14-19)25-21(27)22(28)26-24-15-16-7-11-20(12-8-16)31-23(29)17-5-3-2-4-6-17/h2-15H,1H3,(H,25,27)(H,26,28)/b24-15+. The van der Waals surface area contributed by atoms with Crippen molar-refractivity contribution in [3.63, 3.8) is 0 Å². The summed E-state index contributed by atoms with van der Waals surface area (Å²) >= 11 is 0. The van der Waals surface area contributed by atoms with Crippen LogP contribution in [0.15, 0.2) is 84.0 Å². The molecule has 0 bridgehead atoms. The first-order valence-electron chi connectivity index (χ1n) is 9.21. The van der Waals surface area contributed by atoms with E-state index >= 15 is 0 Å². The molecule has 0 aromatic heterocycles. The van der Waals surface area contributed by atoms with E-state index in [1.807, 2.05) is 6.07 Å². The molecule has 3 aromatic rings. The van der Waals surface area contributed by atoms with Crippen LogP contribution in [-0.2, 0) is 9.59 Å². The number of hydrogen-bond donors (Lipinski definition) is 2. The summed E-state index contributed by atoms with van der Waals surface area (Å²) in [4.78, 5) is 35.8. The van der Waals surface area contributed by atoms with Gasteiger partial charge in [0, 0.05) is 5.69 Å². The summed E-state index contributed by atoms with van der Waals surface area (Å²) in [5.41, 5.74) is 3.68. The summed E-state index contributed by atoms with van der Waals surface area (Å²) in [5.74, 6) is -1.23. The van der Waals surface area contributed by atoms with Crippen LogP contribution < -0.4 is 20.2 Å². The molecule has 0 atom stereocenters. The molecule has 31 heavy (non-hydrogen) atoms. The smallest absolute Gasteiger partial charge is 0.343 e. The summed E-state index contributed by atoms with van der Waals surface area (Å²) in [6, 6.07) is 21.7. The lowest BCUT2D eigenvalue weighted by atomic mass is 10.2. The number of carbonyl (C=O) groups is 3. The van der Waals surface area contributed by atoms with Crippen molar-refractivity contribution in [3.05, 3.63) is 90.0 Å². The third-order valence-electron chi connectivity index (χ3n) is 4.03. The van der Waals surface area contributed by atoms with Crippen LogP contribution in [0.1, 0.15) is 15.9 Å². The van der Waals surface area contributed by atoms with Gasteiger partial charge in [-0.1, -0.05) is 18.2 Å². The Labute approximate surface area is 178 Å². The Morgan fingerprint density at radius 1 is 0.806 bits per heavy atom. The highest BCUT2D eigenvalue weighted by molar-refractivity contribution is 6.39. The van der Waals surface area contributed by atoms with Crippen molar-refractivity contribution >= 4 is 29.7 Å². The van der Waals surface area contributed by atoms with E-state index in [1.165, 1.54) is 13.3 Å². The molecule has 156 valence electrons. The van der Waals surface area contributed by atoms with Crippen molar-refractivity contribution in [3.8, 4) is 11.5 Å². The summed E-state index contributed by atoms with van der Waals surface area (Å²) < 4.78 is 10.3. The number of benzene rings is 3. The minimum Gasteiger partial charge on any atom is -0.497 e. The monoisotopic (exact) mass is 417 g/mol. The van der Waals surface area contributed by atoms with E-state index in [2.05, 4.69) is 15.8 Å². The number of carbonyl (C=O) groups excluding carboxylic acids is 3. The quantitative estimate of drug-likeness (QED) is 0.211. The zero-order valence-electron chi connectivity index (χ0n) is 16.6. The number of hydrazone groups is 1. The maximum Gasteiger partial charge on any atom is 0.343 e. The number of rotatable bonds is 6. The van der Waals surface area contributed by atoms with Crippen LogP contribution in [0.2, 0.25) is 0 Å². The fraction of sp³-hybridized carbons (Fsp3) is 0.0435. The highest BCUT2D eigenvalue weighted by Crippen LogP contribution is 2.15. The summed E-state index contributed by atoms with van der Waals surface area (Å²) in [5, 5.41) is 6.21. The lowest BCUT2D eigenvalue weighted by Crippen LogP contribution is -2.32. The van der Waals surface area contributed by atoms with Crippen LogP contribution in [0, 0.1) is 0 Å². The maximum atomic E-state index is 12.0. The minimum atomic E-state index is -0.916. The first-order valence-corrected chi connectivity index (χ1v) is 9.21. The van der Waals surface area contributed by atoms with Crippen LogP contribution >= 0.6 is 0 Å². The number of ether oxygens (including phenoxy) is 2. The molecule has 0 unspecified atom stereocenters. The number of nitrogens with one attached hydrogen (secondary N) is 2. The Morgan fingerprint density at radius 3 is 2.10 bits per heavy atom. The number of hydrogen-bond acceptors (Lipinski definition) is 6. The van der Waals surface area contributed by atoms with Crippen molar-refractivity contribution in [1.29, 1.82) is 0 Å². The third kappa shape index (κ3) is 6.26. The lowest BCUT2D eigenvalue weighted by Gasteiger charge is -2.05. The van der Waals surface area contributed by atoms with E-state index in [9.17, 15) is 14.4 Å². The second kappa shape index (κ2) is 10.4. The predicted molar refractivity (Wildman–Crippen MR) is 115 cm³/mol. The Hall–Kier alpha value is -4.46. The molecular formula is C23H19N3O5. The van der Waals surface area contributed by atoms with E-state index in [0.29, 0.717) is 28.3 Å². The Morgan fingerprint density at radius 2 is 1.45 bits per heavy atom. The molecule has 0 aliphatic rings. The second-order valence-corrected chi connectivity index (χ2v) is 6.21. The molecule has 0 radical (unpaired) electrons. The minimum absolute atomic E-state index is 0.369. The normalized spacial score (nSPS) is 10.4. The van der Waals surface area contributed by atoms with E-state index in [4.69, 9.17) is 9.47 Å². The average Bonchev–Trinajstić information content (AvgIpc) is 2.81. The van der Waals surface area contributed by atoms with Crippen LogP contribution in [0.4, 0.5) is 5.69 Å². The van der Waals surface area contributed by atoms with Crippen molar-refractivity contribution in [2.45, 2.75) is 0 Å². The summed E-state index contributed by atoms with van der Waals surface area (Å²) in [6.45, 7) is 0. The number of nitrogens with zero attached hydrogens (tertiary/aromatic N) is 1. The van der Waals surface area contributed by atoms with Crippen LogP contribution in [0.3, 0.4) is 0 Å². The first kappa shape index (κ1) is 21.3. The molecular weight excluding hydrogens is 398 g/mol. The molecule has 0 heterocycles. The molecule has 2 N–H and O–H groups in total. The molecule has 0 saturated carbocycles. The largest absolute Gasteiger partial charge is 0.497 e. The second-order valence-electron chi connectivity index (χ2n) is 6.21. The number of methoxy groups -OCH3 is 1. The zero-order valence-corrected chi connectivity index (χ0v) is 16.6. The molecule has 0 fully saturated rings. The van der Waals surface area contributed by atoms with Gasteiger partial charge in [0.2, 0.25) is 0 Å². The van der Waals surface area contributed by atoms with Gasteiger partial charge in [0.05, 0.1) is 18.9 Å². The van der Waals surface area contributed by atoms with Crippen LogP contribution in [0.5, 0.6) is 11.5 Å². The Bertz CT molecular complexity index is 1080. The van der Waals surface area contributed by atoms with E-state index in [1.54, 1.807) is 72.8 Å². The average molecular weight is 417 g/mol. The Kier molecular flexibility index (Phi) is 7.10. The molecule has 0 aliphatic carbocycles. The molecule has 0 aliphatic heterocycles. The van der Waals surface area contributed by atoms with Crippen LogP contribution in [-0.4, -0.2) is 31.1 Å². The van der Waals surface area contributed by atoms with Gasteiger partial charge in [0.15, 0.2) is 0 Å². The topological polar surface area (TPSA) is 106 Å². The molecule has 2 amide bonds. The summed E-state index contributed by atoms with van der Waals surface area (Å²) in [7, 11) is 1.53. The Balaban J connectivity index is 1.49. The van der Waals surface area contributed by atoms with Gasteiger partial charge in [-0.05, 0) is 66.2 Å². The van der Waals surface area contributed by atoms with Gasteiger partial charge in [0.25, 0.3) is 0 Å². The number of esters is 1. The van der Waals surface area contributed by atoms with Gasteiger partial charge in [-0.2, -0.15) is 5.10 Å². The lowest BCUT2D eigenvalue weighted by molar-refractivity contribution is -0.136. The highest BCUT2D eigenvalue weighted by atomic mass is 16.5. The highest BCUT2D eigenvalue weighted by Gasteiger charge is 2.13. The van der Waals surface area contributed by atoms with E-state index in [0.717, 1.165) is 0 Å². The van der Waals surface area contributed by atoms with Crippen molar-refractivity contribution < 1.29 is 23.9 Å². The van der Waals surface area contributed by atoms with Gasteiger partial charge in [-0.3, -0.25) is 9.59 Å². The third-order valence-corrected chi connectivity index (χ3v) is 4.03. The molecule has 0 saturated heterocycles. The molecule has 3 aromatic carbocycles. The van der Waals surface area contributed by atoms with E-state index < -0.39 is 17.8 Å². The maximum absolute atomic E-state index is 12.0. The van der Waals surface area contributed by atoms with Gasteiger partial charge in [0.1, 0.15) is 11.5 Å². The van der Waals surface area contributed by atoms with Gasteiger partial charge < -0.3 is 14.8 Å². The van der Waals surface area contributed by atoms with Gasteiger partial charge in [-0.25, -0.2) is 10.2 Å². The predicted octanol–water partition coefficient (Wildman–Crippen LogP) is 3.00. The number of anilines is 1.